The van der Waals surface area contributed by atoms with Crippen LogP contribution in [0.5, 0.6) is 0 Å². The van der Waals surface area contributed by atoms with Gasteiger partial charge in [-0.1, -0.05) is 13.3 Å². The number of carbonyl (C=O) groups is 1. The summed E-state index contributed by atoms with van der Waals surface area (Å²) >= 11 is 0. The van der Waals surface area contributed by atoms with Crippen LogP contribution in [-0.4, -0.2) is 48.0 Å². The van der Waals surface area contributed by atoms with E-state index in [1.807, 2.05) is 0 Å². The van der Waals surface area contributed by atoms with Gasteiger partial charge in [-0.3, -0.25) is 4.79 Å². The van der Waals surface area contributed by atoms with Crippen LogP contribution in [-0.2, 0) is 4.79 Å². The molecule has 1 rings (SSSR count). The Balaban J connectivity index is 2.40. The standard InChI is InChI=1S/C11H22N2O3/c1-2-8-3-4-12-10(5-8)11(16)13-9(6-14)7-15/h8-10,12,14-15H,2-7H2,1H3,(H,13,16). The quantitative estimate of drug-likeness (QED) is 0.500. The molecule has 0 aromatic heterocycles. The van der Waals surface area contributed by atoms with Crippen molar-refractivity contribution >= 4 is 5.91 Å². The first-order valence-corrected chi connectivity index (χ1v) is 5.96. The average molecular weight is 230 g/mol. The van der Waals surface area contributed by atoms with Crippen LogP contribution in [0.1, 0.15) is 26.2 Å². The van der Waals surface area contributed by atoms with Crippen molar-refractivity contribution in [3.05, 3.63) is 0 Å². The molecule has 16 heavy (non-hydrogen) atoms. The maximum atomic E-state index is 11.8. The summed E-state index contributed by atoms with van der Waals surface area (Å²) < 4.78 is 0. The third kappa shape index (κ3) is 3.73. The first kappa shape index (κ1) is 13.4. The SMILES string of the molecule is CCC1CCNC(C(=O)NC(CO)CO)C1. The number of amides is 1. The number of hydrogen-bond acceptors (Lipinski definition) is 4. The van der Waals surface area contributed by atoms with Crippen molar-refractivity contribution in [2.45, 2.75) is 38.3 Å². The van der Waals surface area contributed by atoms with Gasteiger partial charge in [-0.15, -0.1) is 0 Å². The summed E-state index contributed by atoms with van der Waals surface area (Å²) in [6.07, 6.45) is 3.05. The van der Waals surface area contributed by atoms with E-state index in [0.717, 1.165) is 25.8 Å². The summed E-state index contributed by atoms with van der Waals surface area (Å²) in [5, 5.41) is 23.5. The fourth-order valence-electron chi connectivity index (χ4n) is 2.02. The molecule has 1 fully saturated rings. The Bertz CT molecular complexity index is 219. The molecule has 1 heterocycles. The Morgan fingerprint density at radius 3 is 2.75 bits per heavy atom. The summed E-state index contributed by atoms with van der Waals surface area (Å²) in [5.74, 6) is 0.477. The van der Waals surface area contributed by atoms with Gasteiger partial charge in [0, 0.05) is 0 Å². The molecule has 0 spiro atoms. The van der Waals surface area contributed by atoms with Crippen LogP contribution in [0.2, 0.25) is 0 Å². The average Bonchev–Trinajstić information content (AvgIpc) is 2.35. The second-order valence-corrected chi connectivity index (χ2v) is 4.38. The van der Waals surface area contributed by atoms with E-state index in [1.54, 1.807) is 0 Å². The summed E-state index contributed by atoms with van der Waals surface area (Å²) in [7, 11) is 0. The van der Waals surface area contributed by atoms with Gasteiger partial charge in [-0.2, -0.15) is 0 Å². The van der Waals surface area contributed by atoms with E-state index < -0.39 is 6.04 Å². The van der Waals surface area contributed by atoms with Gasteiger partial charge >= 0.3 is 0 Å². The van der Waals surface area contributed by atoms with E-state index in [0.29, 0.717) is 5.92 Å². The molecule has 94 valence electrons. The lowest BCUT2D eigenvalue weighted by molar-refractivity contribution is -0.125. The molecule has 2 unspecified atom stereocenters. The highest BCUT2D eigenvalue weighted by atomic mass is 16.3. The van der Waals surface area contributed by atoms with Gasteiger partial charge in [-0.05, 0) is 25.3 Å². The largest absolute Gasteiger partial charge is 0.394 e. The first-order chi connectivity index (χ1) is 7.71. The zero-order valence-corrected chi connectivity index (χ0v) is 9.78. The van der Waals surface area contributed by atoms with Crippen molar-refractivity contribution in [2.75, 3.05) is 19.8 Å². The maximum Gasteiger partial charge on any atom is 0.237 e. The second kappa shape index (κ2) is 6.83. The van der Waals surface area contributed by atoms with E-state index in [1.165, 1.54) is 0 Å². The van der Waals surface area contributed by atoms with Crippen molar-refractivity contribution in [2.24, 2.45) is 5.92 Å². The third-order valence-corrected chi connectivity index (χ3v) is 3.19. The molecular weight excluding hydrogens is 208 g/mol. The highest BCUT2D eigenvalue weighted by Gasteiger charge is 2.26. The Hall–Kier alpha value is -0.650. The Morgan fingerprint density at radius 1 is 1.50 bits per heavy atom. The topological polar surface area (TPSA) is 81.6 Å². The first-order valence-electron chi connectivity index (χ1n) is 5.96. The van der Waals surface area contributed by atoms with Crippen LogP contribution >= 0.6 is 0 Å². The number of aliphatic hydroxyl groups excluding tert-OH is 2. The minimum Gasteiger partial charge on any atom is -0.394 e. The molecule has 5 nitrogen and oxygen atoms in total. The Morgan fingerprint density at radius 2 is 2.19 bits per heavy atom. The molecular formula is C11H22N2O3. The molecule has 0 aromatic rings. The molecule has 4 N–H and O–H groups in total. The van der Waals surface area contributed by atoms with Crippen molar-refractivity contribution in [3.63, 3.8) is 0 Å². The summed E-state index contributed by atoms with van der Waals surface area (Å²) in [5.41, 5.74) is 0. The van der Waals surface area contributed by atoms with Crippen molar-refractivity contribution in [3.8, 4) is 0 Å². The molecule has 0 bridgehead atoms. The highest BCUT2D eigenvalue weighted by molar-refractivity contribution is 5.82. The van der Waals surface area contributed by atoms with Crippen molar-refractivity contribution in [1.29, 1.82) is 0 Å². The number of carbonyl (C=O) groups excluding carboxylic acids is 1. The predicted octanol–water partition coefficient (Wildman–Crippen LogP) is -0.766. The van der Waals surface area contributed by atoms with E-state index in [2.05, 4.69) is 17.6 Å². The molecule has 5 heteroatoms. The van der Waals surface area contributed by atoms with Gasteiger partial charge in [-0.25, -0.2) is 0 Å². The second-order valence-electron chi connectivity index (χ2n) is 4.38. The fourth-order valence-corrected chi connectivity index (χ4v) is 2.02. The van der Waals surface area contributed by atoms with Gasteiger partial charge < -0.3 is 20.8 Å². The monoisotopic (exact) mass is 230 g/mol. The summed E-state index contributed by atoms with van der Waals surface area (Å²) in [4.78, 5) is 11.8. The minimum atomic E-state index is -0.545. The zero-order chi connectivity index (χ0) is 12.0. The molecule has 0 aromatic carbocycles. The molecule has 1 aliphatic rings. The van der Waals surface area contributed by atoms with Crippen LogP contribution < -0.4 is 10.6 Å². The lowest BCUT2D eigenvalue weighted by Crippen LogP contribution is -2.52. The van der Waals surface area contributed by atoms with Gasteiger partial charge in [0.2, 0.25) is 5.91 Å². The highest BCUT2D eigenvalue weighted by Crippen LogP contribution is 2.19. The number of rotatable bonds is 5. The van der Waals surface area contributed by atoms with Gasteiger partial charge in [0.1, 0.15) is 0 Å². The van der Waals surface area contributed by atoms with Gasteiger partial charge in [0.05, 0.1) is 25.3 Å². The Labute approximate surface area is 96.2 Å². The van der Waals surface area contributed by atoms with Gasteiger partial charge in [0.15, 0.2) is 0 Å². The maximum absolute atomic E-state index is 11.8. The zero-order valence-electron chi connectivity index (χ0n) is 9.78. The molecule has 0 radical (unpaired) electrons. The van der Waals surface area contributed by atoms with Crippen molar-refractivity contribution in [1.82, 2.24) is 10.6 Å². The summed E-state index contributed by atoms with van der Waals surface area (Å²) in [6, 6.07) is -0.726. The fraction of sp³-hybridized carbons (Fsp3) is 0.909. The lowest BCUT2D eigenvalue weighted by Gasteiger charge is -2.29. The van der Waals surface area contributed by atoms with E-state index in [9.17, 15) is 4.79 Å². The van der Waals surface area contributed by atoms with Crippen molar-refractivity contribution < 1.29 is 15.0 Å². The summed E-state index contributed by atoms with van der Waals surface area (Å²) in [6.45, 7) is 2.53. The number of hydrogen-bond donors (Lipinski definition) is 4. The predicted molar refractivity (Wildman–Crippen MR) is 60.9 cm³/mol. The Kier molecular flexibility index (Phi) is 5.73. The molecule has 1 amide bonds. The number of aliphatic hydroxyl groups is 2. The smallest absolute Gasteiger partial charge is 0.237 e. The van der Waals surface area contributed by atoms with Gasteiger partial charge in [0.25, 0.3) is 0 Å². The third-order valence-electron chi connectivity index (χ3n) is 3.19. The van der Waals surface area contributed by atoms with Crippen LogP contribution in [0, 0.1) is 5.92 Å². The molecule has 1 aliphatic heterocycles. The normalized spacial score (nSPS) is 25.8. The molecule has 0 saturated carbocycles. The van der Waals surface area contributed by atoms with E-state index >= 15 is 0 Å². The molecule has 1 saturated heterocycles. The lowest BCUT2D eigenvalue weighted by atomic mass is 9.90. The molecule has 0 aliphatic carbocycles. The minimum absolute atomic E-state index is 0.119. The molecule has 2 atom stereocenters. The van der Waals surface area contributed by atoms with Crippen LogP contribution in [0.4, 0.5) is 0 Å². The van der Waals surface area contributed by atoms with Crippen LogP contribution in [0.3, 0.4) is 0 Å². The van der Waals surface area contributed by atoms with E-state index in [-0.39, 0.29) is 25.2 Å². The van der Waals surface area contributed by atoms with Crippen LogP contribution in [0.15, 0.2) is 0 Å². The number of piperidine rings is 1. The van der Waals surface area contributed by atoms with E-state index in [4.69, 9.17) is 10.2 Å². The number of nitrogens with one attached hydrogen (secondary N) is 2. The van der Waals surface area contributed by atoms with Crippen LogP contribution in [0.25, 0.3) is 0 Å².